The SMILES string of the molecule is CCC1=CC2=C(C#C[C@H]3C#C[C@@H]4Cc5cccc(c5)C[C@@H]2[C@H]2CC[C@@]5(Cc6cc(O)cc(OC)c6-c6ccc7c(c65)O[C@H](c5c6c(c(O)c(c53)CNC[C@H](CO)[C@H]4COC)O[C@@H]3[C@H](C=C6)N[C@@H]4CCC[C@H](CSS[C@H]3Cc3ccccc3)C4)[C@H]7COC(C)=O)C2)NC1N. The fourth-order valence-electron chi connectivity index (χ4n) is 18.1. The second kappa shape index (κ2) is 26.1. The summed E-state index contributed by atoms with van der Waals surface area (Å²) in [6.45, 7) is 4.42. The highest BCUT2D eigenvalue weighted by Crippen LogP contribution is 2.65. The lowest BCUT2D eigenvalue weighted by atomic mass is 9.64. The number of allylic oxidation sites excluding steroid dienone is 3. The Labute approximate surface area is 555 Å². The van der Waals surface area contributed by atoms with Gasteiger partial charge in [-0.3, -0.25) is 4.79 Å². The van der Waals surface area contributed by atoms with E-state index in [1.807, 2.05) is 27.7 Å². The molecule has 1 saturated heterocycles. The zero-order valence-electron chi connectivity index (χ0n) is 53.7. The Bertz CT molecular complexity index is 3980. The molecule has 0 amide bonds. The number of rotatable bonds is 9. The number of aromatic hydroxyl groups is 2. The van der Waals surface area contributed by atoms with Crippen LogP contribution in [0.1, 0.15) is 139 Å². The standard InChI is InChI=1S/C78H86N4O9S2/c1-5-48-33-60-59-30-46-14-9-13-45(27-46)28-50-18-17-49(19-23-64(60)82-77(48)79)69-61(38-80-37-53(39-83)62(50)40-87-3)72(86)75-58(22-24-65-76(91-75)67(31-44-11-7-6-8-12-44)93-92-42-47-15-10-16-54(29-47)81-65)70(69)73-63(41-89-43(2)84)56-20-21-57-68-52(32-55(85)34-66(68)88-4)36-78(26-25-51(59)35-78)71(57)74(56)90-73/h6-9,11-14,20-22,24,27,32-34,47,49-51,53-54,59,62-63,65,67,73,76-77,80-83,85-86H,5,10,15-16,25-26,28-31,35-42,79H2,1-4H3/t47-,49+,50+,51-,53+,54+,59+,62-,63-,65-,67-,73-,76+,77?,78-/m0/s1. The van der Waals surface area contributed by atoms with Crippen LogP contribution in [0.3, 0.4) is 0 Å². The van der Waals surface area contributed by atoms with Crippen LogP contribution in [-0.2, 0) is 51.9 Å². The number of carbonyl (C=O) groups is 1. The van der Waals surface area contributed by atoms with Gasteiger partial charge in [0.25, 0.3) is 0 Å². The van der Waals surface area contributed by atoms with E-state index < -0.39 is 41.6 Å². The molecule has 15 heteroatoms. The zero-order chi connectivity index (χ0) is 63.6. The number of hydrogen-bond acceptors (Lipinski definition) is 15. The third kappa shape index (κ3) is 11.6. The first kappa shape index (κ1) is 62.3. The van der Waals surface area contributed by atoms with Crippen molar-refractivity contribution in [2.75, 3.05) is 46.3 Å². The minimum absolute atomic E-state index is 0.00374. The highest BCUT2D eigenvalue weighted by Gasteiger charge is 2.54. The van der Waals surface area contributed by atoms with Crippen molar-refractivity contribution in [3.8, 4) is 63.6 Å². The maximum atomic E-state index is 14.0. The first-order valence-electron chi connectivity index (χ1n) is 34.0. The van der Waals surface area contributed by atoms with Crippen molar-refractivity contribution in [3.63, 3.8) is 0 Å². The van der Waals surface area contributed by atoms with Crippen LogP contribution in [0.25, 0.3) is 17.2 Å². The lowest BCUT2D eigenvalue weighted by molar-refractivity contribution is -0.141. The van der Waals surface area contributed by atoms with Crippen LogP contribution in [0, 0.1) is 59.2 Å². The molecule has 15 rings (SSSR count). The van der Waals surface area contributed by atoms with Crippen molar-refractivity contribution in [1.29, 1.82) is 0 Å². The van der Waals surface area contributed by atoms with E-state index in [0.29, 0.717) is 60.1 Å². The maximum Gasteiger partial charge on any atom is 0.302 e. The van der Waals surface area contributed by atoms with Gasteiger partial charge in [-0.25, -0.2) is 0 Å². The van der Waals surface area contributed by atoms with Crippen LogP contribution < -0.4 is 35.9 Å². The third-order valence-corrected chi connectivity index (χ3v) is 25.5. The lowest BCUT2D eigenvalue weighted by Gasteiger charge is -2.40. The number of aliphatic hydroxyl groups excluding tert-OH is 1. The molecule has 4 aliphatic carbocycles. The van der Waals surface area contributed by atoms with E-state index in [4.69, 9.17) is 29.4 Å². The molecule has 11 bridgehead atoms. The van der Waals surface area contributed by atoms with Crippen LogP contribution in [0.4, 0.5) is 0 Å². The van der Waals surface area contributed by atoms with Gasteiger partial charge in [-0.05, 0) is 145 Å². The topological polar surface area (TPSA) is 186 Å². The fraction of sp³-hybridized carbons (Fsp3) is 0.474. The second-order valence-electron chi connectivity index (χ2n) is 28.0. The summed E-state index contributed by atoms with van der Waals surface area (Å²) in [4.78, 5) is 13.5. The van der Waals surface area contributed by atoms with Crippen LogP contribution in [-0.4, -0.2) is 97.2 Å². The number of nitrogens with one attached hydrogen (secondary N) is 3. The minimum Gasteiger partial charge on any atom is -0.508 e. The number of phenolic OH excluding ortho intramolecular Hbond substituents is 2. The molecule has 93 heavy (non-hydrogen) atoms. The molecule has 5 aromatic rings. The van der Waals surface area contributed by atoms with Crippen molar-refractivity contribution in [1.82, 2.24) is 16.0 Å². The smallest absolute Gasteiger partial charge is 0.302 e. The number of hydrogen-bond donors (Lipinski definition) is 7. The molecule has 3 fully saturated rings. The molecule has 5 aromatic carbocycles. The molecule has 0 aromatic heterocycles. The molecular formula is C78H86N4O9S2. The van der Waals surface area contributed by atoms with Gasteiger partial charge in [-0.1, -0.05) is 138 Å². The van der Waals surface area contributed by atoms with Crippen LogP contribution >= 0.6 is 21.6 Å². The van der Waals surface area contributed by atoms with Gasteiger partial charge in [0.2, 0.25) is 0 Å². The van der Waals surface area contributed by atoms with E-state index in [9.17, 15) is 20.1 Å². The average Bonchev–Trinajstić information content (AvgIpc) is 1.60. The summed E-state index contributed by atoms with van der Waals surface area (Å²) >= 11 is 0. The van der Waals surface area contributed by atoms with Crippen LogP contribution in [0.2, 0.25) is 0 Å². The molecule has 1 unspecified atom stereocenters. The fourth-order valence-corrected chi connectivity index (χ4v) is 21.3. The van der Waals surface area contributed by atoms with E-state index in [1.165, 1.54) is 24.5 Å². The van der Waals surface area contributed by atoms with Crippen molar-refractivity contribution < 1.29 is 43.8 Å². The van der Waals surface area contributed by atoms with Crippen molar-refractivity contribution in [2.24, 2.45) is 41.2 Å². The number of dihydropyridines is 1. The van der Waals surface area contributed by atoms with Gasteiger partial charge in [0.15, 0.2) is 11.5 Å². The Hall–Kier alpha value is -6.79. The van der Waals surface area contributed by atoms with E-state index >= 15 is 0 Å². The molecular weight excluding hydrogens is 1200 g/mol. The summed E-state index contributed by atoms with van der Waals surface area (Å²) in [5, 5.41) is 48.9. The van der Waals surface area contributed by atoms with Gasteiger partial charge in [0, 0.05) is 108 Å². The van der Waals surface area contributed by atoms with Crippen molar-refractivity contribution in [2.45, 2.75) is 150 Å². The average molecular weight is 1290 g/mol. The van der Waals surface area contributed by atoms with Gasteiger partial charge in [-0.15, -0.1) is 0 Å². The zero-order valence-corrected chi connectivity index (χ0v) is 55.4. The Balaban J connectivity index is 1.06. The third-order valence-electron chi connectivity index (χ3n) is 22.5. The van der Waals surface area contributed by atoms with Gasteiger partial charge in [-0.2, -0.15) is 0 Å². The van der Waals surface area contributed by atoms with Gasteiger partial charge in [0.1, 0.15) is 42.0 Å². The first-order chi connectivity index (χ1) is 45.4. The van der Waals surface area contributed by atoms with Gasteiger partial charge >= 0.3 is 5.97 Å². The summed E-state index contributed by atoms with van der Waals surface area (Å²) in [6.07, 6.45) is 15.5. The number of nitrogens with two attached hydrogens (primary N) is 1. The Morgan fingerprint density at radius 1 is 0.935 bits per heavy atom. The summed E-state index contributed by atoms with van der Waals surface area (Å²) in [7, 11) is 7.25. The predicted octanol–water partition coefficient (Wildman–Crippen LogP) is 12.0. The molecule has 6 aliphatic heterocycles. The number of esters is 1. The van der Waals surface area contributed by atoms with Crippen molar-refractivity contribution in [3.05, 3.63) is 163 Å². The summed E-state index contributed by atoms with van der Waals surface area (Å²) < 4.78 is 34.7. The number of benzene rings is 5. The molecule has 484 valence electrons. The molecule has 2 saturated carbocycles. The normalized spacial score (nSPS) is 31.1. The molecule has 10 aliphatic rings. The predicted molar refractivity (Wildman–Crippen MR) is 367 cm³/mol. The minimum atomic E-state index is -0.875. The van der Waals surface area contributed by atoms with E-state index in [2.05, 4.69) is 132 Å². The van der Waals surface area contributed by atoms with E-state index in [-0.39, 0.29) is 78.2 Å². The highest BCUT2D eigenvalue weighted by atomic mass is 33.1. The number of aliphatic hydroxyl groups is 1. The molecule has 6 heterocycles. The Morgan fingerprint density at radius 3 is 2.61 bits per heavy atom. The molecule has 15 atom stereocenters. The molecule has 0 radical (unpaired) electrons. The van der Waals surface area contributed by atoms with Crippen molar-refractivity contribution >= 4 is 33.6 Å². The quantitative estimate of drug-likeness (QED) is 0.0420. The van der Waals surface area contributed by atoms with Gasteiger partial charge < -0.3 is 60.7 Å². The Kier molecular flexibility index (Phi) is 17.5. The number of fused-ring (bicyclic) bond motifs is 14. The number of ether oxygens (including phenoxy) is 5. The van der Waals surface area contributed by atoms with Crippen LogP contribution in [0.5, 0.6) is 28.7 Å². The number of carbonyl (C=O) groups excluding carboxylic acids is 1. The summed E-state index contributed by atoms with van der Waals surface area (Å²) in [5.41, 5.74) is 21.0. The summed E-state index contributed by atoms with van der Waals surface area (Å²) in [5.74, 6) is 16.5. The monoisotopic (exact) mass is 1290 g/mol. The lowest BCUT2D eigenvalue weighted by Crippen LogP contribution is -2.52. The second-order valence-corrected chi connectivity index (χ2v) is 30.7. The molecule has 8 N–H and O–H groups in total. The molecule has 13 nitrogen and oxygen atoms in total. The van der Waals surface area contributed by atoms with E-state index in [1.54, 1.807) is 20.3 Å². The summed E-state index contributed by atoms with van der Waals surface area (Å²) in [6, 6.07) is 27.8. The maximum absolute atomic E-state index is 14.0. The largest absolute Gasteiger partial charge is 0.508 e. The molecule has 1 spiro atoms. The first-order valence-corrected chi connectivity index (χ1v) is 36.4. The number of methoxy groups -OCH3 is 2. The van der Waals surface area contributed by atoms with E-state index in [0.717, 1.165) is 125 Å². The van der Waals surface area contributed by atoms with Gasteiger partial charge in [0.05, 0.1) is 42.8 Å². The highest BCUT2D eigenvalue weighted by molar-refractivity contribution is 8.77. The number of phenols is 2. The van der Waals surface area contributed by atoms with Crippen LogP contribution in [0.15, 0.2) is 108 Å². The Morgan fingerprint density at radius 2 is 1.80 bits per heavy atom.